The molecule has 0 spiro atoms. The molecule has 1 aliphatic rings. The summed E-state index contributed by atoms with van der Waals surface area (Å²) in [6.07, 6.45) is 3.51. The Kier molecular flexibility index (Phi) is 5.82. The predicted octanol–water partition coefficient (Wildman–Crippen LogP) is 3.81. The van der Waals surface area contributed by atoms with E-state index in [-0.39, 0.29) is 23.5 Å². The van der Waals surface area contributed by atoms with Gasteiger partial charge in [0.15, 0.2) is 5.84 Å². The fourth-order valence-corrected chi connectivity index (χ4v) is 2.76. The van der Waals surface area contributed by atoms with Crippen molar-refractivity contribution in [1.82, 2.24) is 4.90 Å². The van der Waals surface area contributed by atoms with Crippen LogP contribution in [0.3, 0.4) is 0 Å². The van der Waals surface area contributed by atoms with Crippen LogP contribution in [0.1, 0.15) is 37.5 Å². The number of aryl methyl sites for hydroxylation is 1. The van der Waals surface area contributed by atoms with Gasteiger partial charge in [-0.1, -0.05) is 18.2 Å². The van der Waals surface area contributed by atoms with Crippen molar-refractivity contribution < 1.29 is 14.3 Å². The van der Waals surface area contributed by atoms with Gasteiger partial charge < -0.3 is 0 Å². The van der Waals surface area contributed by atoms with Crippen LogP contribution in [-0.4, -0.2) is 34.9 Å². The summed E-state index contributed by atoms with van der Waals surface area (Å²) < 4.78 is 12.1. The number of rotatable bonds is 3. The molecule has 136 valence electrons. The Bertz CT molecular complexity index is 868. The van der Waals surface area contributed by atoms with Crippen molar-refractivity contribution in [2.45, 2.75) is 27.7 Å². The summed E-state index contributed by atoms with van der Waals surface area (Å²) in [6.45, 7) is 7.20. The van der Waals surface area contributed by atoms with Crippen LogP contribution in [0.15, 0.2) is 40.9 Å². The first-order chi connectivity index (χ1) is 12.3. The number of benzene rings is 1. The molecule has 1 amide bonds. The maximum Gasteiger partial charge on any atom is 0.260 e. The standard InChI is InChI=1S/C19H21FN4O2/c1-5-13-10-16(19(25)24(6-2)18(13)22)15-8-7-14(9-11(15)3)17(21)23-12(4)26-20/h5,7-10,21-22H,6H2,1-4H3/b13-5-,21-17?,22-18?,23-12?. The van der Waals surface area contributed by atoms with Crippen LogP contribution in [0.2, 0.25) is 0 Å². The number of amidine groups is 2. The number of halogens is 1. The Morgan fingerprint density at radius 2 is 2.12 bits per heavy atom. The Balaban J connectivity index is 2.48. The number of likely N-dealkylation sites (N-methyl/N-ethyl adjacent to an activating group) is 1. The van der Waals surface area contributed by atoms with E-state index in [1.54, 1.807) is 30.4 Å². The first-order valence-corrected chi connectivity index (χ1v) is 8.16. The van der Waals surface area contributed by atoms with Crippen LogP contribution in [-0.2, 0) is 9.74 Å². The summed E-state index contributed by atoms with van der Waals surface area (Å²) in [4.78, 5) is 21.4. The first-order valence-electron chi connectivity index (χ1n) is 8.16. The number of carbonyl (C=O) groups excluding carboxylic acids is 1. The minimum Gasteiger partial charge on any atom is -0.293 e. The maximum absolute atomic E-state index is 12.8. The highest BCUT2D eigenvalue weighted by Gasteiger charge is 2.29. The highest BCUT2D eigenvalue weighted by atomic mass is 19.3. The summed E-state index contributed by atoms with van der Waals surface area (Å²) in [7, 11) is 0. The van der Waals surface area contributed by atoms with Crippen LogP contribution in [0.4, 0.5) is 4.53 Å². The largest absolute Gasteiger partial charge is 0.293 e. The molecule has 1 aromatic rings. The lowest BCUT2D eigenvalue weighted by Crippen LogP contribution is -2.40. The third-order valence-corrected chi connectivity index (χ3v) is 4.12. The average molecular weight is 356 g/mol. The molecule has 0 fully saturated rings. The number of allylic oxidation sites excluding steroid dienone is 1. The van der Waals surface area contributed by atoms with E-state index in [9.17, 15) is 9.32 Å². The third kappa shape index (κ3) is 3.61. The lowest BCUT2D eigenvalue weighted by molar-refractivity contribution is -0.121. The van der Waals surface area contributed by atoms with Crippen LogP contribution >= 0.6 is 0 Å². The van der Waals surface area contributed by atoms with Crippen LogP contribution in [0.25, 0.3) is 5.57 Å². The van der Waals surface area contributed by atoms with Crippen molar-refractivity contribution in [2.75, 3.05) is 6.54 Å². The summed E-state index contributed by atoms with van der Waals surface area (Å²) in [6, 6.07) is 5.10. The van der Waals surface area contributed by atoms with Crippen molar-refractivity contribution in [3.8, 4) is 0 Å². The van der Waals surface area contributed by atoms with Crippen LogP contribution in [0.5, 0.6) is 0 Å². The van der Waals surface area contributed by atoms with Gasteiger partial charge in [-0.3, -0.25) is 25.5 Å². The molecule has 0 radical (unpaired) electrons. The summed E-state index contributed by atoms with van der Waals surface area (Å²) in [5.41, 5.74) is 3.16. The molecule has 26 heavy (non-hydrogen) atoms. The van der Waals surface area contributed by atoms with E-state index >= 15 is 0 Å². The van der Waals surface area contributed by atoms with Crippen molar-refractivity contribution in [2.24, 2.45) is 4.99 Å². The Morgan fingerprint density at radius 3 is 2.65 bits per heavy atom. The predicted molar refractivity (Wildman–Crippen MR) is 100 cm³/mol. The molecule has 1 aliphatic heterocycles. The molecule has 0 aliphatic carbocycles. The first kappa shape index (κ1) is 19.2. The molecular weight excluding hydrogens is 335 g/mol. The number of nitrogens with one attached hydrogen (secondary N) is 2. The molecule has 0 aromatic heterocycles. The average Bonchev–Trinajstić information content (AvgIpc) is 2.62. The topological polar surface area (TPSA) is 89.6 Å². The Morgan fingerprint density at radius 1 is 1.42 bits per heavy atom. The second-order valence-electron chi connectivity index (χ2n) is 5.79. The number of hydrogen-bond acceptors (Lipinski definition) is 4. The molecule has 2 rings (SSSR count). The van der Waals surface area contributed by atoms with Crippen molar-refractivity contribution in [3.63, 3.8) is 0 Å². The number of amides is 1. The molecule has 6 nitrogen and oxygen atoms in total. The highest BCUT2D eigenvalue weighted by Crippen LogP contribution is 2.28. The van der Waals surface area contributed by atoms with Gasteiger partial charge in [-0.15, -0.1) is 0 Å². The van der Waals surface area contributed by atoms with Crippen molar-refractivity contribution >= 4 is 29.0 Å². The van der Waals surface area contributed by atoms with E-state index in [4.69, 9.17) is 10.8 Å². The van der Waals surface area contributed by atoms with Gasteiger partial charge in [-0.05, 0) is 44.0 Å². The van der Waals surface area contributed by atoms with Gasteiger partial charge in [-0.2, -0.15) is 4.99 Å². The molecule has 0 atom stereocenters. The molecule has 0 bridgehead atoms. The molecular formula is C19H21FN4O2. The third-order valence-electron chi connectivity index (χ3n) is 4.12. The molecule has 1 aromatic carbocycles. The molecule has 1 heterocycles. The van der Waals surface area contributed by atoms with Gasteiger partial charge in [0, 0.05) is 34.7 Å². The van der Waals surface area contributed by atoms with Gasteiger partial charge in [-0.25, -0.2) is 0 Å². The Labute approximate surface area is 151 Å². The fourth-order valence-electron chi connectivity index (χ4n) is 2.76. The monoisotopic (exact) mass is 356 g/mol. The van der Waals surface area contributed by atoms with Gasteiger partial charge in [0.2, 0.25) is 5.90 Å². The molecule has 7 heteroatoms. The van der Waals surface area contributed by atoms with E-state index in [0.29, 0.717) is 23.3 Å². The minimum atomic E-state index is -0.253. The quantitative estimate of drug-likeness (QED) is 0.637. The second-order valence-corrected chi connectivity index (χ2v) is 5.79. The lowest BCUT2D eigenvalue weighted by atomic mass is 9.92. The number of carbonyl (C=O) groups is 1. The van der Waals surface area contributed by atoms with Crippen molar-refractivity contribution in [3.05, 3.63) is 52.6 Å². The van der Waals surface area contributed by atoms with Gasteiger partial charge in [0.25, 0.3) is 5.91 Å². The summed E-state index contributed by atoms with van der Waals surface area (Å²) in [5, 5.41) is 16.0. The van der Waals surface area contributed by atoms with E-state index in [0.717, 1.165) is 11.1 Å². The minimum absolute atomic E-state index is 0.134. The van der Waals surface area contributed by atoms with Gasteiger partial charge in [0.1, 0.15) is 5.84 Å². The normalized spacial score (nSPS) is 16.8. The maximum atomic E-state index is 12.8. The molecule has 0 unspecified atom stereocenters. The van der Waals surface area contributed by atoms with Crippen LogP contribution < -0.4 is 0 Å². The Hall–Kier alpha value is -3.09. The van der Waals surface area contributed by atoms with Gasteiger partial charge in [0.05, 0.1) is 0 Å². The zero-order chi connectivity index (χ0) is 19.4. The summed E-state index contributed by atoms with van der Waals surface area (Å²) in [5.74, 6) is -0.425. The smallest absolute Gasteiger partial charge is 0.260 e. The number of hydrogen-bond donors (Lipinski definition) is 2. The second kappa shape index (κ2) is 7.86. The lowest BCUT2D eigenvalue weighted by Gasteiger charge is -2.28. The molecule has 0 saturated heterocycles. The molecule has 2 N–H and O–H groups in total. The number of nitrogens with zero attached hydrogens (tertiary/aromatic N) is 2. The molecule has 0 saturated carbocycles. The van der Waals surface area contributed by atoms with E-state index in [2.05, 4.69) is 9.93 Å². The number of aliphatic imine (C=N–C) groups is 1. The zero-order valence-corrected chi connectivity index (χ0v) is 15.2. The van der Waals surface area contributed by atoms with E-state index in [1.165, 1.54) is 11.8 Å². The summed E-state index contributed by atoms with van der Waals surface area (Å²) >= 11 is 0. The SMILES string of the molecule is C/C=C1/C=C(c2ccc(C(=N)N=C(C)OF)cc2C)C(=O)N(CC)C1=N. The van der Waals surface area contributed by atoms with Crippen molar-refractivity contribution in [1.29, 1.82) is 10.8 Å². The van der Waals surface area contributed by atoms with E-state index < -0.39 is 0 Å². The highest BCUT2D eigenvalue weighted by molar-refractivity contribution is 6.30. The fraction of sp³-hybridized carbons (Fsp3) is 0.263. The zero-order valence-electron chi connectivity index (χ0n) is 15.2. The van der Waals surface area contributed by atoms with Crippen LogP contribution in [0, 0.1) is 17.7 Å². The van der Waals surface area contributed by atoms with Gasteiger partial charge >= 0.3 is 0 Å². The van der Waals surface area contributed by atoms with E-state index in [1.807, 2.05) is 20.8 Å².